The molecule has 0 unspecified atom stereocenters. The van der Waals surface area contributed by atoms with E-state index in [4.69, 9.17) is 0 Å². The third kappa shape index (κ3) is 4.23. The van der Waals surface area contributed by atoms with Crippen LogP contribution < -0.4 is 10.6 Å². The summed E-state index contributed by atoms with van der Waals surface area (Å²) in [5, 5.41) is 6.12. The van der Waals surface area contributed by atoms with Crippen LogP contribution in [-0.2, 0) is 0 Å². The van der Waals surface area contributed by atoms with Crippen molar-refractivity contribution in [2.24, 2.45) is 0 Å². The van der Waals surface area contributed by atoms with Crippen LogP contribution in [0.5, 0.6) is 0 Å². The number of carbonyl (C=O) groups is 1. The number of nitrogens with one attached hydrogen (secondary N) is 2. The molecule has 1 aromatic heterocycles. The van der Waals surface area contributed by atoms with Crippen molar-refractivity contribution in [1.29, 1.82) is 0 Å². The zero-order valence-electron chi connectivity index (χ0n) is 14.4. The van der Waals surface area contributed by atoms with E-state index in [1.165, 1.54) is 5.56 Å². The highest BCUT2D eigenvalue weighted by Gasteiger charge is 2.13. The van der Waals surface area contributed by atoms with Gasteiger partial charge in [0.15, 0.2) is 0 Å². The van der Waals surface area contributed by atoms with E-state index in [0.29, 0.717) is 17.3 Å². The average Bonchev–Trinajstić information content (AvgIpc) is 2.63. The fourth-order valence-electron chi connectivity index (χ4n) is 2.50. The van der Waals surface area contributed by atoms with Crippen LogP contribution in [0.2, 0.25) is 0 Å². The molecule has 0 fully saturated rings. The summed E-state index contributed by atoms with van der Waals surface area (Å²) in [6.45, 7) is 4.32. The summed E-state index contributed by atoms with van der Waals surface area (Å²) < 4.78 is 0. The molecule has 0 bridgehead atoms. The fraction of sp³-hybridized carbons (Fsp3) is 0.143. The molecule has 0 saturated heterocycles. The van der Waals surface area contributed by atoms with Gasteiger partial charge in [0.1, 0.15) is 5.82 Å². The van der Waals surface area contributed by atoms with E-state index in [9.17, 15) is 4.79 Å². The van der Waals surface area contributed by atoms with Gasteiger partial charge in [-0.1, -0.05) is 44.2 Å². The van der Waals surface area contributed by atoms with Crippen molar-refractivity contribution in [2.75, 3.05) is 10.6 Å². The van der Waals surface area contributed by atoms with Crippen molar-refractivity contribution >= 4 is 23.1 Å². The molecule has 0 aliphatic rings. The number of benzene rings is 2. The Morgan fingerprint density at radius 1 is 0.880 bits per heavy atom. The molecule has 126 valence electrons. The molecule has 2 aromatic carbocycles. The Kier molecular flexibility index (Phi) is 5.09. The molecule has 4 nitrogen and oxygen atoms in total. The maximum atomic E-state index is 12.6. The van der Waals surface area contributed by atoms with E-state index in [-0.39, 0.29) is 5.91 Å². The first-order chi connectivity index (χ1) is 12.1. The molecule has 1 amide bonds. The molecular formula is C21H21N3O. The maximum absolute atomic E-state index is 12.6. The molecule has 0 spiro atoms. The summed E-state index contributed by atoms with van der Waals surface area (Å²) in [5.41, 5.74) is 3.42. The Morgan fingerprint density at radius 2 is 1.60 bits per heavy atom. The van der Waals surface area contributed by atoms with Crippen molar-refractivity contribution in [1.82, 2.24) is 4.98 Å². The highest BCUT2D eigenvalue weighted by Crippen LogP contribution is 2.22. The van der Waals surface area contributed by atoms with E-state index in [2.05, 4.69) is 41.6 Å². The van der Waals surface area contributed by atoms with E-state index < -0.39 is 0 Å². The number of rotatable bonds is 5. The van der Waals surface area contributed by atoms with Crippen LogP contribution in [0.4, 0.5) is 17.2 Å². The second-order valence-corrected chi connectivity index (χ2v) is 6.12. The molecule has 25 heavy (non-hydrogen) atoms. The summed E-state index contributed by atoms with van der Waals surface area (Å²) in [7, 11) is 0. The molecule has 2 N–H and O–H groups in total. The van der Waals surface area contributed by atoms with E-state index in [0.717, 1.165) is 11.4 Å². The molecule has 0 aliphatic heterocycles. The number of aromatic nitrogens is 1. The number of hydrogen-bond donors (Lipinski definition) is 2. The lowest BCUT2D eigenvalue weighted by Crippen LogP contribution is -2.14. The summed E-state index contributed by atoms with van der Waals surface area (Å²) in [6, 6.07) is 21.1. The molecule has 0 radical (unpaired) electrons. The third-order valence-electron chi connectivity index (χ3n) is 3.92. The molecule has 3 rings (SSSR count). The van der Waals surface area contributed by atoms with Crippen molar-refractivity contribution in [2.45, 2.75) is 19.8 Å². The molecule has 0 aliphatic carbocycles. The lowest BCUT2D eigenvalue weighted by atomic mass is 10.0. The SMILES string of the molecule is CC(C)c1ccc(Nc2ncccc2C(=O)Nc2ccccc2)cc1. The Bertz CT molecular complexity index is 843. The number of para-hydroxylation sites is 1. The summed E-state index contributed by atoms with van der Waals surface area (Å²) in [6.07, 6.45) is 1.67. The predicted molar refractivity (Wildman–Crippen MR) is 102 cm³/mol. The predicted octanol–water partition coefficient (Wildman–Crippen LogP) is 5.20. The lowest BCUT2D eigenvalue weighted by Gasteiger charge is -2.12. The van der Waals surface area contributed by atoms with Crippen LogP contribution in [-0.4, -0.2) is 10.9 Å². The molecule has 1 heterocycles. The molecular weight excluding hydrogens is 310 g/mol. The lowest BCUT2D eigenvalue weighted by molar-refractivity contribution is 0.102. The van der Waals surface area contributed by atoms with Crippen molar-refractivity contribution < 1.29 is 4.79 Å². The van der Waals surface area contributed by atoms with Crippen LogP contribution >= 0.6 is 0 Å². The van der Waals surface area contributed by atoms with Gasteiger partial charge in [0.2, 0.25) is 0 Å². The summed E-state index contributed by atoms with van der Waals surface area (Å²) >= 11 is 0. The van der Waals surface area contributed by atoms with Gasteiger partial charge in [-0.3, -0.25) is 4.79 Å². The van der Waals surface area contributed by atoms with Crippen LogP contribution in [0.3, 0.4) is 0 Å². The Labute approximate surface area is 147 Å². The second-order valence-electron chi connectivity index (χ2n) is 6.12. The first-order valence-corrected chi connectivity index (χ1v) is 8.32. The second kappa shape index (κ2) is 7.62. The van der Waals surface area contributed by atoms with Gasteiger partial charge in [-0.2, -0.15) is 0 Å². The maximum Gasteiger partial charge on any atom is 0.259 e. The first kappa shape index (κ1) is 16.7. The van der Waals surface area contributed by atoms with Crippen LogP contribution in [0.1, 0.15) is 35.7 Å². The molecule has 0 atom stereocenters. The van der Waals surface area contributed by atoms with Gasteiger partial charge < -0.3 is 10.6 Å². The largest absolute Gasteiger partial charge is 0.340 e. The van der Waals surface area contributed by atoms with Gasteiger partial charge in [-0.15, -0.1) is 0 Å². The minimum Gasteiger partial charge on any atom is -0.340 e. The highest BCUT2D eigenvalue weighted by molar-refractivity contribution is 6.07. The number of carbonyl (C=O) groups excluding carboxylic acids is 1. The number of amides is 1. The van der Waals surface area contributed by atoms with E-state index in [1.54, 1.807) is 18.3 Å². The zero-order valence-corrected chi connectivity index (χ0v) is 14.4. The number of anilines is 3. The zero-order chi connectivity index (χ0) is 17.6. The number of pyridine rings is 1. The summed E-state index contributed by atoms with van der Waals surface area (Å²) in [5.74, 6) is 0.824. The minimum atomic E-state index is -0.194. The van der Waals surface area contributed by atoms with Gasteiger partial charge in [-0.25, -0.2) is 4.98 Å². The third-order valence-corrected chi connectivity index (χ3v) is 3.92. The van der Waals surface area contributed by atoms with Gasteiger partial charge >= 0.3 is 0 Å². The van der Waals surface area contributed by atoms with Gasteiger partial charge in [-0.05, 0) is 47.9 Å². The quantitative estimate of drug-likeness (QED) is 0.675. The minimum absolute atomic E-state index is 0.194. The van der Waals surface area contributed by atoms with E-state index >= 15 is 0 Å². The van der Waals surface area contributed by atoms with Crippen LogP contribution in [0, 0.1) is 0 Å². The Hall–Kier alpha value is -3.14. The van der Waals surface area contributed by atoms with Crippen molar-refractivity contribution in [3.05, 3.63) is 84.1 Å². The Balaban J connectivity index is 1.79. The highest BCUT2D eigenvalue weighted by atomic mass is 16.1. The molecule has 4 heteroatoms. The average molecular weight is 331 g/mol. The van der Waals surface area contributed by atoms with Crippen molar-refractivity contribution in [3.8, 4) is 0 Å². The molecule has 3 aromatic rings. The van der Waals surface area contributed by atoms with Crippen LogP contribution in [0.25, 0.3) is 0 Å². The van der Waals surface area contributed by atoms with Crippen molar-refractivity contribution in [3.63, 3.8) is 0 Å². The van der Waals surface area contributed by atoms with Crippen LogP contribution in [0.15, 0.2) is 72.9 Å². The van der Waals surface area contributed by atoms with Gasteiger partial charge in [0.25, 0.3) is 5.91 Å². The smallest absolute Gasteiger partial charge is 0.259 e. The van der Waals surface area contributed by atoms with E-state index in [1.807, 2.05) is 42.5 Å². The fourth-order valence-corrected chi connectivity index (χ4v) is 2.50. The topological polar surface area (TPSA) is 54.0 Å². The monoisotopic (exact) mass is 331 g/mol. The number of nitrogens with zero attached hydrogens (tertiary/aromatic N) is 1. The standard InChI is InChI=1S/C21H21N3O/c1-15(2)16-10-12-18(13-11-16)23-20-19(9-6-14-22-20)21(25)24-17-7-4-3-5-8-17/h3-15H,1-2H3,(H,22,23)(H,24,25). The molecule has 0 saturated carbocycles. The first-order valence-electron chi connectivity index (χ1n) is 8.32. The summed E-state index contributed by atoms with van der Waals surface area (Å²) in [4.78, 5) is 16.9. The van der Waals surface area contributed by atoms with Gasteiger partial charge in [0, 0.05) is 17.6 Å². The normalized spacial score (nSPS) is 10.5. The number of hydrogen-bond acceptors (Lipinski definition) is 3. The van der Waals surface area contributed by atoms with Gasteiger partial charge in [0.05, 0.1) is 5.56 Å². The Morgan fingerprint density at radius 3 is 2.28 bits per heavy atom.